The van der Waals surface area contributed by atoms with Gasteiger partial charge in [-0.15, -0.1) is 0 Å². The highest BCUT2D eigenvalue weighted by Crippen LogP contribution is 2.44. The van der Waals surface area contributed by atoms with Gasteiger partial charge in [-0.2, -0.15) is 4.31 Å². The van der Waals surface area contributed by atoms with Gasteiger partial charge < -0.3 is 10.2 Å². The van der Waals surface area contributed by atoms with Crippen LogP contribution in [0.1, 0.15) is 24.4 Å². The number of piperazine rings is 1. The number of anilines is 1. The minimum absolute atomic E-state index is 0.0352. The minimum atomic E-state index is -3.77. The van der Waals surface area contributed by atoms with Crippen molar-refractivity contribution >= 4 is 21.4 Å². The van der Waals surface area contributed by atoms with Crippen molar-refractivity contribution in [2.75, 3.05) is 38.5 Å². The van der Waals surface area contributed by atoms with Crippen molar-refractivity contribution in [1.82, 2.24) is 9.21 Å². The molecule has 2 aromatic carbocycles. The maximum absolute atomic E-state index is 13.0. The molecular formula is C21H26N4O4S. The van der Waals surface area contributed by atoms with Crippen LogP contribution >= 0.6 is 0 Å². The summed E-state index contributed by atoms with van der Waals surface area (Å²) in [6, 6.07) is 14.0. The maximum atomic E-state index is 13.0. The second-order valence-corrected chi connectivity index (χ2v) is 9.95. The van der Waals surface area contributed by atoms with Crippen LogP contribution in [0, 0.1) is 16.0 Å². The molecule has 0 bridgehead atoms. The van der Waals surface area contributed by atoms with Gasteiger partial charge in [-0.1, -0.05) is 30.3 Å². The molecule has 8 nitrogen and oxygen atoms in total. The molecule has 1 N–H and O–H groups in total. The van der Waals surface area contributed by atoms with E-state index in [0.717, 1.165) is 18.4 Å². The van der Waals surface area contributed by atoms with E-state index in [1.165, 1.54) is 22.5 Å². The molecule has 1 heterocycles. The summed E-state index contributed by atoms with van der Waals surface area (Å²) in [5.74, 6) is 0.417. The third-order valence-electron chi connectivity index (χ3n) is 5.83. The Morgan fingerprint density at radius 3 is 2.33 bits per heavy atom. The lowest BCUT2D eigenvalue weighted by atomic mass is 10.0. The molecule has 2 aromatic rings. The van der Waals surface area contributed by atoms with Crippen molar-refractivity contribution in [1.29, 1.82) is 0 Å². The van der Waals surface area contributed by atoms with Crippen molar-refractivity contribution in [3.63, 3.8) is 0 Å². The fraction of sp³-hybridized carbons (Fsp3) is 0.429. The lowest BCUT2D eigenvalue weighted by Gasteiger charge is -2.31. The topological polar surface area (TPSA) is 95.8 Å². The van der Waals surface area contributed by atoms with E-state index in [1.54, 1.807) is 0 Å². The predicted octanol–water partition coefficient (Wildman–Crippen LogP) is 3.09. The van der Waals surface area contributed by atoms with Crippen LogP contribution in [0.15, 0.2) is 53.4 Å². The van der Waals surface area contributed by atoms with Crippen molar-refractivity contribution < 1.29 is 13.3 Å². The summed E-state index contributed by atoms with van der Waals surface area (Å²) in [7, 11) is -1.83. The van der Waals surface area contributed by atoms with E-state index < -0.39 is 14.9 Å². The average molecular weight is 431 g/mol. The molecule has 0 spiro atoms. The second kappa shape index (κ2) is 8.33. The highest BCUT2D eigenvalue weighted by atomic mass is 32.2. The number of hydrogen-bond acceptors (Lipinski definition) is 6. The van der Waals surface area contributed by atoms with Gasteiger partial charge in [0.1, 0.15) is 5.69 Å². The Balaban J connectivity index is 1.63. The third-order valence-corrected chi connectivity index (χ3v) is 7.72. The Morgan fingerprint density at radius 2 is 1.73 bits per heavy atom. The van der Waals surface area contributed by atoms with Gasteiger partial charge in [0.2, 0.25) is 10.0 Å². The summed E-state index contributed by atoms with van der Waals surface area (Å²) in [6.45, 7) is 2.04. The molecule has 4 rings (SSSR count). The minimum Gasteiger partial charge on any atom is -0.372 e. The quantitative estimate of drug-likeness (QED) is 0.536. The molecule has 160 valence electrons. The molecular weight excluding hydrogens is 404 g/mol. The van der Waals surface area contributed by atoms with E-state index >= 15 is 0 Å². The van der Waals surface area contributed by atoms with E-state index in [9.17, 15) is 18.5 Å². The standard InChI is InChI=1S/C21H26N4O4S/c1-23-11-13-24(14-12-23)30(28,29)18-9-10-19(20(15-18)25(26)27)22-21(17-7-8-17)16-5-3-2-4-6-16/h2-6,9-10,15,17,21-22H,7-8,11-14H2,1H3/t21-/m0/s1. The van der Waals surface area contributed by atoms with Crippen molar-refractivity contribution in [3.05, 3.63) is 64.2 Å². The van der Waals surface area contributed by atoms with E-state index in [1.807, 2.05) is 37.4 Å². The van der Waals surface area contributed by atoms with Gasteiger partial charge >= 0.3 is 0 Å². The van der Waals surface area contributed by atoms with Gasteiger partial charge in [-0.3, -0.25) is 10.1 Å². The third kappa shape index (κ3) is 4.33. The van der Waals surface area contributed by atoms with E-state index in [0.29, 0.717) is 37.8 Å². The maximum Gasteiger partial charge on any atom is 0.293 e. The average Bonchev–Trinajstić information content (AvgIpc) is 3.58. The van der Waals surface area contributed by atoms with Crippen molar-refractivity contribution in [3.8, 4) is 0 Å². The number of benzene rings is 2. The Kier molecular flexibility index (Phi) is 5.77. The molecule has 1 saturated carbocycles. The largest absolute Gasteiger partial charge is 0.372 e. The summed E-state index contributed by atoms with van der Waals surface area (Å²) < 4.78 is 27.4. The van der Waals surface area contributed by atoms with Crippen LogP contribution in [0.25, 0.3) is 0 Å². The van der Waals surface area contributed by atoms with Crippen molar-refractivity contribution in [2.45, 2.75) is 23.8 Å². The molecule has 2 aliphatic rings. The van der Waals surface area contributed by atoms with Crippen molar-refractivity contribution in [2.24, 2.45) is 5.92 Å². The highest BCUT2D eigenvalue weighted by Gasteiger charge is 2.34. The number of sulfonamides is 1. The molecule has 0 aromatic heterocycles. The molecule has 9 heteroatoms. The van der Waals surface area contributed by atoms with Crippen LogP contribution < -0.4 is 5.32 Å². The Bertz CT molecular complexity index is 1020. The zero-order valence-corrected chi connectivity index (χ0v) is 17.7. The number of hydrogen-bond donors (Lipinski definition) is 1. The van der Waals surface area contributed by atoms with Crippen LogP contribution in [0.3, 0.4) is 0 Å². The number of nitrogens with one attached hydrogen (secondary N) is 1. The number of rotatable bonds is 7. The smallest absolute Gasteiger partial charge is 0.293 e. The zero-order valence-electron chi connectivity index (χ0n) is 16.9. The summed E-state index contributed by atoms with van der Waals surface area (Å²) in [6.07, 6.45) is 2.13. The van der Waals surface area contributed by atoms with Crippen LogP contribution in [-0.2, 0) is 10.0 Å². The van der Waals surface area contributed by atoms with Crippen LogP contribution in [0.2, 0.25) is 0 Å². The molecule has 0 radical (unpaired) electrons. The summed E-state index contributed by atoms with van der Waals surface area (Å²) >= 11 is 0. The lowest BCUT2D eigenvalue weighted by molar-refractivity contribution is -0.384. The first-order valence-corrected chi connectivity index (χ1v) is 11.6. The molecule has 1 aliphatic heterocycles. The lowest BCUT2D eigenvalue weighted by Crippen LogP contribution is -2.47. The molecule has 1 aliphatic carbocycles. The summed E-state index contributed by atoms with van der Waals surface area (Å²) in [5, 5.41) is 15.1. The molecule has 1 atom stereocenters. The molecule has 30 heavy (non-hydrogen) atoms. The molecule has 1 saturated heterocycles. The SMILES string of the molecule is CN1CCN(S(=O)(=O)c2ccc(N[C@@H](c3ccccc3)C3CC3)c([N+](=O)[O-])c2)CC1. The van der Waals surface area contributed by atoms with Crippen LogP contribution in [0.4, 0.5) is 11.4 Å². The first-order valence-electron chi connectivity index (χ1n) is 10.1. The van der Waals surface area contributed by atoms with E-state index in [2.05, 4.69) is 10.2 Å². The molecule has 0 amide bonds. The second-order valence-electron chi connectivity index (χ2n) is 8.01. The van der Waals surface area contributed by atoms with Gasteiger partial charge in [-0.05, 0) is 43.5 Å². The van der Waals surface area contributed by atoms with Gasteiger partial charge in [0.05, 0.1) is 15.9 Å². The number of likely N-dealkylation sites (N-methyl/N-ethyl adjacent to an activating group) is 1. The van der Waals surface area contributed by atoms with Gasteiger partial charge in [0.15, 0.2) is 0 Å². The van der Waals surface area contributed by atoms with Gasteiger partial charge in [0, 0.05) is 32.2 Å². The van der Waals surface area contributed by atoms with Gasteiger partial charge in [-0.25, -0.2) is 8.42 Å². The van der Waals surface area contributed by atoms with Gasteiger partial charge in [0.25, 0.3) is 5.69 Å². The fourth-order valence-corrected chi connectivity index (χ4v) is 5.30. The zero-order chi connectivity index (χ0) is 21.3. The van der Waals surface area contributed by atoms with E-state index in [-0.39, 0.29) is 16.6 Å². The Hall–Kier alpha value is -2.49. The first kappa shape index (κ1) is 20.8. The summed E-state index contributed by atoms with van der Waals surface area (Å²) in [5.41, 5.74) is 1.20. The predicted molar refractivity (Wildman–Crippen MR) is 115 cm³/mol. The number of nitro groups is 1. The number of nitro benzene ring substituents is 1. The first-order chi connectivity index (χ1) is 14.4. The number of nitrogens with zero attached hydrogens (tertiary/aromatic N) is 3. The van der Waals surface area contributed by atoms with Crippen LogP contribution in [-0.4, -0.2) is 55.8 Å². The monoisotopic (exact) mass is 430 g/mol. The molecule has 0 unspecified atom stereocenters. The highest BCUT2D eigenvalue weighted by molar-refractivity contribution is 7.89. The Morgan fingerprint density at radius 1 is 1.07 bits per heavy atom. The fourth-order valence-electron chi connectivity index (χ4n) is 3.85. The normalized spacial score (nSPS) is 19.4. The van der Waals surface area contributed by atoms with Crippen LogP contribution in [0.5, 0.6) is 0 Å². The Labute approximate surface area is 176 Å². The summed E-state index contributed by atoms with van der Waals surface area (Å²) in [4.78, 5) is 13.3. The van der Waals surface area contributed by atoms with E-state index in [4.69, 9.17) is 0 Å². The molecule has 2 fully saturated rings.